The molecule has 1 aromatic rings. The fourth-order valence-electron chi connectivity index (χ4n) is 8.30. The zero-order valence-electron chi connectivity index (χ0n) is 43.2. The minimum atomic E-state index is -1.21. The Bertz CT molecular complexity index is 1700. The van der Waals surface area contributed by atoms with Crippen molar-refractivity contribution in [3.8, 4) is 0 Å². The van der Waals surface area contributed by atoms with E-state index in [1.807, 2.05) is 4.98 Å². The third-order valence-corrected chi connectivity index (χ3v) is 12.5. The number of aromatic nitrogens is 2. The Hall–Kier alpha value is -4.28. The smallest absolute Gasteiger partial charge is 0.407 e. The predicted octanol–water partition coefficient (Wildman–Crippen LogP) is 11.1. The monoisotopic (exact) mass is 996 g/mol. The van der Waals surface area contributed by atoms with Crippen LogP contribution in [0.4, 0.5) is 9.18 Å². The van der Waals surface area contributed by atoms with E-state index in [2.05, 4.69) is 26.1 Å². The van der Waals surface area contributed by atoms with E-state index >= 15 is 0 Å². The topological polar surface area (TPSA) is 208 Å². The van der Waals surface area contributed by atoms with Gasteiger partial charge in [0.25, 0.3) is 5.56 Å². The van der Waals surface area contributed by atoms with E-state index in [1.54, 1.807) is 0 Å². The molecule has 0 aliphatic carbocycles. The molecule has 0 bridgehead atoms. The number of ether oxygens (including phenoxy) is 6. The van der Waals surface area contributed by atoms with Crippen LogP contribution in [0.5, 0.6) is 0 Å². The largest absolute Gasteiger partial charge is 0.463 e. The molecule has 0 spiro atoms. The van der Waals surface area contributed by atoms with Gasteiger partial charge >= 0.3 is 35.7 Å². The number of carbonyl (C=O) groups is 5. The Morgan fingerprint density at radius 3 is 1.49 bits per heavy atom. The summed E-state index contributed by atoms with van der Waals surface area (Å²) in [5.41, 5.74) is -2.12. The highest BCUT2D eigenvalue weighted by Crippen LogP contribution is 2.31. The van der Waals surface area contributed by atoms with Crippen molar-refractivity contribution < 1.29 is 56.8 Å². The van der Waals surface area contributed by atoms with Gasteiger partial charge in [0.1, 0.15) is 38.3 Å². The summed E-state index contributed by atoms with van der Waals surface area (Å²) in [5, 5.41) is 2.47. The minimum absolute atomic E-state index is 0.0745. The quantitative estimate of drug-likeness (QED) is 0.0355. The first-order valence-electron chi connectivity index (χ1n) is 27.2. The van der Waals surface area contributed by atoms with Crippen LogP contribution in [0.1, 0.15) is 239 Å². The van der Waals surface area contributed by atoms with Crippen LogP contribution in [-0.4, -0.2) is 84.2 Å². The van der Waals surface area contributed by atoms with E-state index in [1.165, 1.54) is 96.3 Å². The average molecular weight is 996 g/mol. The molecule has 16 nitrogen and oxygen atoms in total. The van der Waals surface area contributed by atoms with Gasteiger partial charge in [0.15, 0.2) is 6.10 Å². The van der Waals surface area contributed by atoms with Crippen molar-refractivity contribution in [3.05, 3.63) is 32.9 Å². The molecule has 402 valence electrons. The van der Waals surface area contributed by atoms with Gasteiger partial charge in [-0.3, -0.25) is 33.5 Å². The third kappa shape index (κ3) is 30.5. The van der Waals surface area contributed by atoms with E-state index in [0.717, 1.165) is 68.8 Å². The second kappa shape index (κ2) is 40.3. The highest BCUT2D eigenvalue weighted by molar-refractivity contribution is 5.72. The Balaban J connectivity index is 1.87. The summed E-state index contributed by atoms with van der Waals surface area (Å²) in [6, 6.07) is 0. The third-order valence-electron chi connectivity index (χ3n) is 12.5. The second-order valence-corrected chi connectivity index (χ2v) is 18.9. The standard InChI is InChI=1S/C53H90FN3O13/c1-4-7-10-13-16-19-22-24-27-30-33-48(59)66-40-42(39-65-47(58)32-29-26-23-20-17-14-11-8-5-2)68-53(64)55-36-35-49(60)67-41-45-44(37-46(69-45)57-38-43(54)51(62)56-52(57)63)70-50(61)34-31-28-25-21-18-15-12-9-6-3/h38,42,44-46H,4-37,39-41H2,1-3H3,(H,55,64)(H,56,62,63)/t42?,44-,45+,46+/m0/s1. The van der Waals surface area contributed by atoms with Crippen molar-refractivity contribution in [1.29, 1.82) is 0 Å². The first-order valence-corrected chi connectivity index (χ1v) is 27.2. The van der Waals surface area contributed by atoms with Gasteiger partial charge in [0.2, 0.25) is 5.82 Å². The molecule has 1 amide bonds. The molecule has 4 atom stereocenters. The number of halogens is 1. The number of esters is 4. The molecular weight excluding hydrogens is 906 g/mol. The van der Waals surface area contributed by atoms with Crippen LogP contribution in [0.3, 0.4) is 0 Å². The lowest BCUT2D eigenvalue weighted by molar-refractivity contribution is -0.158. The van der Waals surface area contributed by atoms with Gasteiger partial charge in [-0.05, 0) is 19.3 Å². The predicted molar refractivity (Wildman–Crippen MR) is 266 cm³/mol. The molecule has 0 aromatic carbocycles. The lowest BCUT2D eigenvalue weighted by Crippen LogP contribution is -2.36. The van der Waals surface area contributed by atoms with Crippen molar-refractivity contribution in [2.45, 2.75) is 257 Å². The molecule has 2 rings (SSSR count). The zero-order valence-corrected chi connectivity index (χ0v) is 43.2. The van der Waals surface area contributed by atoms with Gasteiger partial charge in [-0.2, -0.15) is 4.39 Å². The first kappa shape index (κ1) is 61.8. The molecule has 1 aliphatic rings. The van der Waals surface area contributed by atoms with Gasteiger partial charge in [0.05, 0.1) is 12.6 Å². The Morgan fingerprint density at radius 2 is 1.03 bits per heavy atom. The number of hydrogen-bond donors (Lipinski definition) is 2. The maximum absolute atomic E-state index is 14.2. The molecule has 1 aromatic heterocycles. The van der Waals surface area contributed by atoms with Crippen LogP contribution in [0.2, 0.25) is 0 Å². The second-order valence-electron chi connectivity index (χ2n) is 18.9. The fourth-order valence-corrected chi connectivity index (χ4v) is 8.30. The van der Waals surface area contributed by atoms with Crippen molar-refractivity contribution in [1.82, 2.24) is 14.9 Å². The molecule has 2 heterocycles. The summed E-state index contributed by atoms with van der Waals surface area (Å²) in [6.07, 6.45) is 26.5. The van der Waals surface area contributed by atoms with Crippen LogP contribution in [0.15, 0.2) is 15.8 Å². The number of amides is 1. The van der Waals surface area contributed by atoms with Gasteiger partial charge in [0, 0.05) is 32.2 Å². The van der Waals surface area contributed by atoms with Crippen molar-refractivity contribution >= 4 is 30.0 Å². The lowest BCUT2D eigenvalue weighted by atomic mass is 10.1. The van der Waals surface area contributed by atoms with Crippen LogP contribution in [0, 0.1) is 5.82 Å². The zero-order chi connectivity index (χ0) is 51.0. The minimum Gasteiger partial charge on any atom is -0.463 e. The highest BCUT2D eigenvalue weighted by atomic mass is 19.1. The molecule has 1 fully saturated rings. The summed E-state index contributed by atoms with van der Waals surface area (Å²) < 4.78 is 48.4. The van der Waals surface area contributed by atoms with Crippen molar-refractivity contribution in [3.63, 3.8) is 0 Å². The fraction of sp³-hybridized carbons (Fsp3) is 0.830. The molecule has 1 saturated heterocycles. The normalized spacial score (nSPS) is 15.9. The van der Waals surface area contributed by atoms with Gasteiger partial charge in [-0.25, -0.2) is 9.59 Å². The molecule has 1 unspecified atom stereocenters. The van der Waals surface area contributed by atoms with Gasteiger partial charge in [-0.1, -0.05) is 181 Å². The number of carbonyl (C=O) groups excluding carboxylic acids is 5. The first-order chi connectivity index (χ1) is 34.0. The maximum Gasteiger partial charge on any atom is 0.407 e. The maximum atomic E-state index is 14.2. The van der Waals surface area contributed by atoms with E-state index in [4.69, 9.17) is 28.4 Å². The van der Waals surface area contributed by atoms with Gasteiger partial charge < -0.3 is 33.7 Å². The van der Waals surface area contributed by atoms with Crippen molar-refractivity contribution in [2.75, 3.05) is 26.4 Å². The molecule has 70 heavy (non-hydrogen) atoms. The summed E-state index contributed by atoms with van der Waals surface area (Å²) >= 11 is 0. The number of alkyl carbamates (subject to hydrolysis) is 1. The molecular formula is C53H90FN3O13. The molecule has 2 N–H and O–H groups in total. The van der Waals surface area contributed by atoms with E-state index in [9.17, 15) is 38.0 Å². The summed E-state index contributed by atoms with van der Waals surface area (Å²) in [6.45, 7) is 5.34. The number of H-pyrrole nitrogens is 1. The van der Waals surface area contributed by atoms with E-state index < -0.39 is 78.2 Å². The van der Waals surface area contributed by atoms with Gasteiger partial charge in [-0.15, -0.1) is 0 Å². The average Bonchev–Trinajstić information content (AvgIpc) is 3.73. The number of rotatable bonds is 43. The van der Waals surface area contributed by atoms with Crippen molar-refractivity contribution in [2.24, 2.45) is 0 Å². The summed E-state index contributed by atoms with van der Waals surface area (Å²) in [7, 11) is 0. The number of unbranched alkanes of at least 4 members (excludes halogenated alkanes) is 25. The van der Waals surface area contributed by atoms with Crippen LogP contribution >= 0.6 is 0 Å². The Kier molecular flexibility index (Phi) is 35.6. The molecule has 0 saturated carbocycles. The number of aromatic amines is 1. The lowest BCUT2D eigenvalue weighted by Gasteiger charge is -2.19. The summed E-state index contributed by atoms with van der Waals surface area (Å²) in [5.74, 6) is -3.33. The highest BCUT2D eigenvalue weighted by Gasteiger charge is 2.40. The van der Waals surface area contributed by atoms with Crippen LogP contribution in [0.25, 0.3) is 0 Å². The Labute approximate surface area is 416 Å². The van der Waals surface area contributed by atoms with Crippen LogP contribution in [-0.2, 0) is 47.6 Å². The molecule has 0 radical (unpaired) electrons. The van der Waals surface area contributed by atoms with E-state index in [0.29, 0.717) is 25.5 Å². The SMILES string of the molecule is CCCCCCCCCCCCC(=O)OCC(COC(=O)CCCCCCCCCCC)OC(=O)NCCC(=O)OC[C@H]1O[C@@H](n2cc(F)c(=O)[nH]c2=O)C[C@@H]1OC(=O)CCCCCCCCCCC. The number of nitrogens with zero attached hydrogens (tertiary/aromatic N) is 1. The number of hydrogen-bond acceptors (Lipinski definition) is 13. The van der Waals surface area contributed by atoms with Crippen LogP contribution < -0.4 is 16.6 Å². The summed E-state index contributed by atoms with van der Waals surface area (Å²) in [4.78, 5) is 89.9. The Morgan fingerprint density at radius 1 is 0.614 bits per heavy atom. The number of nitrogens with one attached hydrogen (secondary N) is 2. The van der Waals surface area contributed by atoms with E-state index in [-0.39, 0.29) is 51.9 Å². The molecule has 17 heteroatoms. The molecule has 1 aliphatic heterocycles.